The van der Waals surface area contributed by atoms with Crippen LogP contribution in [-0.4, -0.2) is 6.54 Å². The number of anilines is 4. The molecule has 0 atom stereocenters. The second kappa shape index (κ2) is 10.1. The quantitative estimate of drug-likeness (QED) is 0.208. The molecule has 0 saturated heterocycles. The van der Waals surface area contributed by atoms with Gasteiger partial charge in [0.05, 0.1) is 5.00 Å². The summed E-state index contributed by atoms with van der Waals surface area (Å²) in [6.07, 6.45) is 4.45. The largest absolute Gasteiger partial charge is 0.373 e. The summed E-state index contributed by atoms with van der Waals surface area (Å²) >= 11 is 1.84. The van der Waals surface area contributed by atoms with Gasteiger partial charge >= 0.3 is 0 Å². The van der Waals surface area contributed by atoms with Crippen molar-refractivity contribution in [2.24, 2.45) is 0 Å². The molecule has 0 bridgehead atoms. The van der Waals surface area contributed by atoms with E-state index in [9.17, 15) is 0 Å². The minimum absolute atomic E-state index is 0.881. The van der Waals surface area contributed by atoms with Gasteiger partial charge in [0.25, 0.3) is 0 Å². The predicted molar refractivity (Wildman–Crippen MR) is 192 cm³/mol. The van der Waals surface area contributed by atoms with Gasteiger partial charge in [-0.05, 0) is 79.8 Å². The van der Waals surface area contributed by atoms with E-state index in [-0.39, 0.29) is 0 Å². The first-order valence-electron chi connectivity index (χ1n) is 15.1. The average molecular weight is 581 g/mol. The summed E-state index contributed by atoms with van der Waals surface area (Å²) in [5.41, 5.74) is 7.16. The molecule has 1 aliphatic heterocycles. The van der Waals surface area contributed by atoms with Crippen LogP contribution in [0.3, 0.4) is 0 Å². The second-order valence-corrected chi connectivity index (χ2v) is 12.5. The standard InChI is InChI=1S/C41H28N2S/c1-2-7-27(8-3-1)28-16-19-32(20-17-28)43(34-22-23-36-37-11-6-24-42-41(37)44-39(36)26-34)33-21-18-30-13-15-31-14-12-29-9-4-5-10-35(29)40(31)38(30)25-33/h1-23,25-26,42H,24H2. The fourth-order valence-electron chi connectivity index (χ4n) is 6.70. The zero-order chi connectivity index (χ0) is 29.0. The summed E-state index contributed by atoms with van der Waals surface area (Å²) in [4.78, 5) is 2.40. The molecule has 2 nitrogen and oxygen atoms in total. The molecule has 0 amide bonds. The third-order valence-corrected chi connectivity index (χ3v) is 9.96. The molecule has 44 heavy (non-hydrogen) atoms. The third kappa shape index (κ3) is 4.09. The SMILES string of the molecule is C1=Cc2c(sc3cc(N(c4ccc(-c5ccccc5)cc4)c4ccc5ccc6ccc7ccccc7c6c5c4)ccc23)NC1. The topological polar surface area (TPSA) is 15.3 Å². The first-order chi connectivity index (χ1) is 21.8. The number of nitrogens with zero attached hydrogens (tertiary/aromatic N) is 1. The lowest BCUT2D eigenvalue weighted by molar-refractivity contribution is 1.30. The highest BCUT2D eigenvalue weighted by atomic mass is 32.1. The van der Waals surface area contributed by atoms with Gasteiger partial charge < -0.3 is 10.2 Å². The summed E-state index contributed by atoms with van der Waals surface area (Å²) in [5, 5.41) is 13.7. The Bertz CT molecular complexity index is 2380. The number of hydrogen-bond donors (Lipinski definition) is 1. The number of rotatable bonds is 4. The van der Waals surface area contributed by atoms with Crippen LogP contribution in [0.2, 0.25) is 0 Å². The molecule has 0 fully saturated rings. The van der Waals surface area contributed by atoms with Crippen molar-refractivity contribution in [1.29, 1.82) is 0 Å². The zero-order valence-electron chi connectivity index (χ0n) is 24.0. The molecule has 208 valence electrons. The van der Waals surface area contributed by atoms with Gasteiger partial charge in [0, 0.05) is 39.3 Å². The molecule has 0 saturated carbocycles. The maximum atomic E-state index is 3.56. The van der Waals surface area contributed by atoms with E-state index >= 15 is 0 Å². The van der Waals surface area contributed by atoms with Crippen LogP contribution in [0, 0.1) is 0 Å². The second-order valence-electron chi connectivity index (χ2n) is 11.4. The normalized spacial score (nSPS) is 12.5. The van der Waals surface area contributed by atoms with Crippen LogP contribution in [0.5, 0.6) is 0 Å². The molecule has 3 heteroatoms. The molecule has 0 aliphatic carbocycles. The van der Waals surface area contributed by atoms with Gasteiger partial charge in [-0.25, -0.2) is 0 Å². The van der Waals surface area contributed by atoms with Gasteiger partial charge in [-0.3, -0.25) is 0 Å². The molecule has 2 heterocycles. The van der Waals surface area contributed by atoms with E-state index in [1.54, 1.807) is 0 Å². The molecule has 0 spiro atoms. The van der Waals surface area contributed by atoms with Gasteiger partial charge in [0.2, 0.25) is 0 Å². The number of thiophene rings is 1. The van der Waals surface area contributed by atoms with Gasteiger partial charge in [-0.1, -0.05) is 115 Å². The Morgan fingerprint density at radius 3 is 2.05 bits per heavy atom. The first kappa shape index (κ1) is 25.1. The van der Waals surface area contributed by atoms with E-state index in [1.807, 2.05) is 11.3 Å². The fourth-order valence-corrected chi connectivity index (χ4v) is 7.83. The molecule has 0 unspecified atom stereocenters. The van der Waals surface area contributed by atoms with Gasteiger partial charge in [-0.15, -0.1) is 11.3 Å². The molecule has 0 radical (unpaired) electrons. The lowest BCUT2D eigenvalue weighted by Crippen LogP contribution is -2.09. The summed E-state index contributed by atoms with van der Waals surface area (Å²) in [5.74, 6) is 0. The van der Waals surface area contributed by atoms with Crippen LogP contribution in [0.4, 0.5) is 22.1 Å². The maximum Gasteiger partial charge on any atom is 0.0971 e. The van der Waals surface area contributed by atoms with Crippen LogP contribution in [-0.2, 0) is 0 Å². The van der Waals surface area contributed by atoms with Crippen molar-refractivity contribution in [3.05, 3.63) is 151 Å². The number of nitrogens with one attached hydrogen (secondary N) is 1. The lowest BCUT2D eigenvalue weighted by Gasteiger charge is -2.26. The van der Waals surface area contributed by atoms with Crippen molar-refractivity contribution in [3.8, 4) is 11.1 Å². The van der Waals surface area contributed by atoms with E-state index in [0.717, 1.165) is 23.6 Å². The Labute approximate surface area is 260 Å². The van der Waals surface area contributed by atoms with Crippen molar-refractivity contribution in [1.82, 2.24) is 0 Å². The smallest absolute Gasteiger partial charge is 0.0971 e. The molecular weight excluding hydrogens is 553 g/mol. The summed E-state index contributed by atoms with van der Waals surface area (Å²) in [6, 6.07) is 51.1. The van der Waals surface area contributed by atoms with Crippen LogP contribution in [0.1, 0.15) is 5.56 Å². The van der Waals surface area contributed by atoms with Crippen molar-refractivity contribution in [2.45, 2.75) is 0 Å². The molecule has 9 rings (SSSR count). The van der Waals surface area contributed by atoms with Crippen LogP contribution < -0.4 is 10.2 Å². The fraction of sp³-hybridized carbons (Fsp3) is 0.0244. The highest BCUT2D eigenvalue weighted by Gasteiger charge is 2.18. The Morgan fingerprint density at radius 2 is 1.18 bits per heavy atom. The minimum Gasteiger partial charge on any atom is -0.373 e. The van der Waals surface area contributed by atoms with Crippen molar-refractivity contribution < 1.29 is 0 Å². The van der Waals surface area contributed by atoms with E-state index in [1.165, 1.54) is 64.1 Å². The Morgan fingerprint density at radius 1 is 0.523 bits per heavy atom. The van der Waals surface area contributed by atoms with Gasteiger partial charge in [0.15, 0.2) is 0 Å². The molecule has 1 aromatic heterocycles. The van der Waals surface area contributed by atoms with Crippen molar-refractivity contribution in [2.75, 3.05) is 16.8 Å². The third-order valence-electron chi connectivity index (χ3n) is 8.84. The Hall–Kier alpha value is -5.38. The van der Waals surface area contributed by atoms with E-state index < -0.39 is 0 Å². The Balaban J connectivity index is 1.26. The van der Waals surface area contributed by atoms with E-state index in [0.29, 0.717) is 0 Å². The summed E-state index contributed by atoms with van der Waals surface area (Å²) in [6.45, 7) is 0.881. The minimum atomic E-state index is 0.881. The Kier molecular flexibility index (Phi) is 5.78. The first-order valence-corrected chi connectivity index (χ1v) is 15.9. The van der Waals surface area contributed by atoms with Crippen molar-refractivity contribution in [3.63, 3.8) is 0 Å². The number of hydrogen-bond acceptors (Lipinski definition) is 3. The van der Waals surface area contributed by atoms with E-state index in [4.69, 9.17) is 0 Å². The molecular formula is C41H28N2S. The highest BCUT2D eigenvalue weighted by Crippen LogP contribution is 2.44. The van der Waals surface area contributed by atoms with Crippen molar-refractivity contribution >= 4 is 81.9 Å². The van der Waals surface area contributed by atoms with E-state index in [2.05, 4.69) is 162 Å². The van der Waals surface area contributed by atoms with Gasteiger partial charge in [-0.2, -0.15) is 0 Å². The highest BCUT2D eigenvalue weighted by molar-refractivity contribution is 7.23. The molecule has 7 aromatic carbocycles. The summed E-state index contributed by atoms with van der Waals surface area (Å²) in [7, 11) is 0. The van der Waals surface area contributed by atoms with Gasteiger partial charge in [0.1, 0.15) is 0 Å². The van der Waals surface area contributed by atoms with Crippen LogP contribution in [0.15, 0.2) is 146 Å². The monoisotopic (exact) mass is 580 g/mol. The molecule has 1 aliphatic rings. The lowest BCUT2D eigenvalue weighted by atomic mass is 9.96. The van der Waals surface area contributed by atoms with Crippen LogP contribution in [0.25, 0.3) is 59.6 Å². The molecule has 8 aromatic rings. The number of fused-ring (bicyclic) bond motifs is 8. The molecule has 1 N–H and O–H groups in total. The maximum absolute atomic E-state index is 3.56. The van der Waals surface area contributed by atoms with Crippen LogP contribution >= 0.6 is 11.3 Å². The number of benzene rings is 7. The average Bonchev–Trinajstić information content (AvgIpc) is 3.47. The predicted octanol–water partition coefficient (Wildman–Crippen LogP) is 11.9. The summed E-state index contributed by atoms with van der Waals surface area (Å²) < 4.78 is 1.29. The zero-order valence-corrected chi connectivity index (χ0v) is 24.8.